The summed E-state index contributed by atoms with van der Waals surface area (Å²) in [6.07, 6.45) is 3.44. The summed E-state index contributed by atoms with van der Waals surface area (Å²) in [6.45, 7) is 0.920. The normalized spacial score (nSPS) is 10.8. The fourth-order valence-corrected chi connectivity index (χ4v) is 2.77. The van der Waals surface area contributed by atoms with Crippen LogP contribution in [-0.2, 0) is 4.74 Å². The molecule has 3 rings (SSSR count). The lowest BCUT2D eigenvalue weighted by atomic mass is 10.0. The van der Waals surface area contributed by atoms with Gasteiger partial charge in [0.15, 0.2) is 0 Å². The van der Waals surface area contributed by atoms with E-state index in [0.29, 0.717) is 18.7 Å². The summed E-state index contributed by atoms with van der Waals surface area (Å²) < 4.78 is 5.88. The summed E-state index contributed by atoms with van der Waals surface area (Å²) in [5.74, 6) is -0.150. The second-order valence-electron chi connectivity index (χ2n) is 5.21. The van der Waals surface area contributed by atoms with Crippen molar-refractivity contribution in [2.45, 2.75) is 0 Å². The Morgan fingerprint density at radius 2 is 2.17 bits per heavy atom. The van der Waals surface area contributed by atoms with E-state index in [-0.39, 0.29) is 5.91 Å². The highest BCUT2D eigenvalue weighted by Gasteiger charge is 2.14. The number of aromatic nitrogens is 2. The molecule has 0 unspecified atom stereocenters. The van der Waals surface area contributed by atoms with E-state index < -0.39 is 0 Å². The Balaban J connectivity index is 2.10. The molecule has 0 aliphatic heterocycles. The fraction of sp³-hybridized carbons (Fsp3) is 0.167. The Bertz CT molecular complexity index is 869. The van der Waals surface area contributed by atoms with Crippen molar-refractivity contribution in [3.05, 3.63) is 58.8 Å². The number of carbonyl (C=O) groups excluding carboxylic acids is 1. The number of methoxy groups -OCH3 is 1. The van der Waals surface area contributed by atoms with Crippen molar-refractivity contribution in [1.29, 1.82) is 0 Å². The molecule has 1 N–H and O–H groups in total. The summed E-state index contributed by atoms with van der Waals surface area (Å²) in [5, 5.41) is 3.67. The molecule has 122 valence electrons. The van der Waals surface area contributed by atoms with E-state index in [1.165, 1.54) is 0 Å². The molecular weight excluding hydrogens is 370 g/mol. The van der Waals surface area contributed by atoms with Crippen molar-refractivity contribution in [2.75, 3.05) is 20.3 Å². The highest BCUT2D eigenvalue weighted by molar-refractivity contribution is 9.10. The molecule has 0 bridgehead atoms. The fourth-order valence-electron chi connectivity index (χ4n) is 2.41. The van der Waals surface area contributed by atoms with E-state index in [2.05, 4.69) is 31.2 Å². The molecule has 24 heavy (non-hydrogen) atoms. The van der Waals surface area contributed by atoms with Crippen LogP contribution in [0.15, 0.2) is 53.3 Å². The summed E-state index contributed by atoms with van der Waals surface area (Å²) >= 11 is 3.45. The second-order valence-corrected chi connectivity index (χ2v) is 6.12. The summed E-state index contributed by atoms with van der Waals surface area (Å²) in [4.78, 5) is 21.4. The van der Waals surface area contributed by atoms with E-state index in [9.17, 15) is 4.79 Å². The van der Waals surface area contributed by atoms with Gasteiger partial charge in [-0.3, -0.25) is 9.78 Å². The van der Waals surface area contributed by atoms with Crippen LogP contribution >= 0.6 is 15.9 Å². The van der Waals surface area contributed by atoms with Crippen molar-refractivity contribution in [1.82, 2.24) is 15.3 Å². The molecule has 2 aromatic heterocycles. The molecule has 0 radical (unpaired) electrons. The van der Waals surface area contributed by atoms with Gasteiger partial charge in [0.05, 0.1) is 23.4 Å². The van der Waals surface area contributed by atoms with Crippen LogP contribution in [-0.4, -0.2) is 36.1 Å². The SMILES string of the molecule is COCCNC(=O)c1cc(-c2cccnc2)nc2ccc(Br)cc12. The van der Waals surface area contributed by atoms with Gasteiger partial charge in [0.2, 0.25) is 0 Å². The smallest absolute Gasteiger partial charge is 0.252 e. The number of amides is 1. The minimum absolute atomic E-state index is 0.150. The zero-order chi connectivity index (χ0) is 16.9. The molecule has 5 nitrogen and oxygen atoms in total. The van der Waals surface area contributed by atoms with Gasteiger partial charge in [0, 0.05) is 41.5 Å². The molecule has 0 saturated heterocycles. The lowest BCUT2D eigenvalue weighted by molar-refractivity contribution is 0.0938. The first-order valence-corrected chi connectivity index (χ1v) is 8.26. The van der Waals surface area contributed by atoms with Gasteiger partial charge in [0.1, 0.15) is 0 Å². The number of fused-ring (bicyclic) bond motifs is 1. The van der Waals surface area contributed by atoms with Crippen LogP contribution in [0.1, 0.15) is 10.4 Å². The quantitative estimate of drug-likeness (QED) is 0.683. The Morgan fingerprint density at radius 3 is 2.92 bits per heavy atom. The maximum absolute atomic E-state index is 12.6. The van der Waals surface area contributed by atoms with E-state index in [1.54, 1.807) is 25.6 Å². The van der Waals surface area contributed by atoms with E-state index in [1.807, 2.05) is 30.3 Å². The molecule has 2 heterocycles. The topological polar surface area (TPSA) is 64.1 Å². The van der Waals surface area contributed by atoms with Crippen LogP contribution in [0.3, 0.4) is 0 Å². The monoisotopic (exact) mass is 385 g/mol. The first kappa shape index (κ1) is 16.5. The number of hydrogen-bond acceptors (Lipinski definition) is 4. The largest absolute Gasteiger partial charge is 0.383 e. The Kier molecular flexibility index (Phi) is 5.17. The van der Waals surface area contributed by atoms with Crippen LogP contribution in [0.2, 0.25) is 0 Å². The maximum atomic E-state index is 12.6. The first-order valence-electron chi connectivity index (χ1n) is 7.47. The first-order chi connectivity index (χ1) is 11.7. The molecule has 0 aliphatic carbocycles. The minimum Gasteiger partial charge on any atom is -0.383 e. The van der Waals surface area contributed by atoms with Gasteiger partial charge in [-0.05, 0) is 36.4 Å². The van der Waals surface area contributed by atoms with E-state index in [4.69, 9.17) is 4.74 Å². The van der Waals surface area contributed by atoms with Gasteiger partial charge >= 0.3 is 0 Å². The number of ether oxygens (including phenoxy) is 1. The van der Waals surface area contributed by atoms with Crippen molar-refractivity contribution in [3.8, 4) is 11.3 Å². The third kappa shape index (κ3) is 3.60. The average Bonchev–Trinajstić information content (AvgIpc) is 2.61. The number of halogens is 1. The van der Waals surface area contributed by atoms with Crippen LogP contribution in [0.5, 0.6) is 0 Å². The number of rotatable bonds is 5. The van der Waals surface area contributed by atoms with Gasteiger partial charge in [-0.15, -0.1) is 0 Å². The molecule has 0 saturated carbocycles. The van der Waals surface area contributed by atoms with Crippen LogP contribution in [0, 0.1) is 0 Å². The Labute approximate surface area is 148 Å². The molecule has 0 spiro atoms. The molecule has 1 amide bonds. The number of hydrogen-bond donors (Lipinski definition) is 1. The van der Waals surface area contributed by atoms with E-state index in [0.717, 1.165) is 26.6 Å². The molecule has 0 fully saturated rings. The number of nitrogens with one attached hydrogen (secondary N) is 1. The predicted molar refractivity (Wildman–Crippen MR) is 96.9 cm³/mol. The van der Waals surface area contributed by atoms with Gasteiger partial charge in [-0.1, -0.05) is 15.9 Å². The molecule has 1 aromatic carbocycles. The third-order valence-corrected chi connectivity index (χ3v) is 4.06. The number of pyridine rings is 2. The van der Waals surface area contributed by atoms with Gasteiger partial charge in [-0.25, -0.2) is 4.98 Å². The lowest BCUT2D eigenvalue weighted by Gasteiger charge is -2.11. The molecule has 3 aromatic rings. The summed E-state index contributed by atoms with van der Waals surface area (Å²) in [5.41, 5.74) is 2.93. The lowest BCUT2D eigenvalue weighted by Crippen LogP contribution is -2.27. The Morgan fingerprint density at radius 1 is 1.29 bits per heavy atom. The van der Waals surface area contributed by atoms with Crippen molar-refractivity contribution >= 4 is 32.7 Å². The summed E-state index contributed by atoms with van der Waals surface area (Å²) in [6, 6.07) is 11.3. The third-order valence-electron chi connectivity index (χ3n) is 3.56. The number of benzene rings is 1. The van der Waals surface area contributed by atoms with Gasteiger partial charge < -0.3 is 10.1 Å². The minimum atomic E-state index is -0.150. The zero-order valence-corrected chi connectivity index (χ0v) is 14.7. The van der Waals surface area contributed by atoms with E-state index >= 15 is 0 Å². The van der Waals surface area contributed by atoms with Crippen LogP contribution in [0.25, 0.3) is 22.2 Å². The van der Waals surface area contributed by atoms with Crippen LogP contribution in [0.4, 0.5) is 0 Å². The highest BCUT2D eigenvalue weighted by Crippen LogP contribution is 2.26. The molecule has 0 atom stereocenters. The van der Waals surface area contributed by atoms with Crippen LogP contribution < -0.4 is 5.32 Å². The average molecular weight is 386 g/mol. The molecule has 6 heteroatoms. The predicted octanol–water partition coefficient (Wildman–Crippen LogP) is 3.44. The molecular formula is C18H16BrN3O2. The molecule has 0 aliphatic rings. The second kappa shape index (κ2) is 7.51. The van der Waals surface area contributed by atoms with Gasteiger partial charge in [0.25, 0.3) is 5.91 Å². The maximum Gasteiger partial charge on any atom is 0.252 e. The zero-order valence-electron chi connectivity index (χ0n) is 13.1. The number of carbonyl (C=O) groups is 1. The van der Waals surface area contributed by atoms with Crippen molar-refractivity contribution < 1.29 is 9.53 Å². The summed E-state index contributed by atoms with van der Waals surface area (Å²) in [7, 11) is 1.60. The highest BCUT2D eigenvalue weighted by atomic mass is 79.9. The standard InChI is InChI=1S/C18H16BrN3O2/c1-24-8-7-21-18(23)15-10-17(12-3-2-6-20-11-12)22-16-5-4-13(19)9-14(15)16/h2-6,9-11H,7-8H2,1H3,(H,21,23). The van der Waals surface area contributed by atoms with Gasteiger partial charge in [-0.2, -0.15) is 0 Å². The van der Waals surface area contributed by atoms with Crippen molar-refractivity contribution in [3.63, 3.8) is 0 Å². The Hall–Kier alpha value is -2.31. The number of nitrogens with zero attached hydrogens (tertiary/aromatic N) is 2. The van der Waals surface area contributed by atoms with Crippen molar-refractivity contribution in [2.24, 2.45) is 0 Å².